The lowest BCUT2D eigenvalue weighted by atomic mass is 10.2. The molecule has 3 rings (SSSR count). The third kappa shape index (κ3) is 2.28. The zero-order valence-corrected chi connectivity index (χ0v) is 10.6. The molecule has 1 N–H and O–H groups in total. The van der Waals surface area contributed by atoms with E-state index < -0.39 is 0 Å². The minimum Gasteiger partial charge on any atom is -0.365 e. The molecule has 1 aromatic carbocycles. The van der Waals surface area contributed by atoms with Gasteiger partial charge in [0.1, 0.15) is 16.9 Å². The molecule has 2 heterocycles. The monoisotopic (exact) mass is 257 g/mol. The summed E-state index contributed by atoms with van der Waals surface area (Å²) in [5, 5.41) is 3.24. The van der Waals surface area contributed by atoms with E-state index in [-0.39, 0.29) is 0 Å². The predicted octanol–water partition coefficient (Wildman–Crippen LogP) is 2.40. The zero-order chi connectivity index (χ0) is 12.4. The molecule has 0 bridgehead atoms. The first-order valence-corrected chi connectivity index (χ1v) is 6.28. The third-order valence-electron chi connectivity index (χ3n) is 2.55. The summed E-state index contributed by atoms with van der Waals surface area (Å²) in [6.45, 7) is 2.62. The fourth-order valence-electron chi connectivity index (χ4n) is 1.68. The number of nitrogens with zero attached hydrogens (tertiary/aromatic N) is 4. The van der Waals surface area contributed by atoms with Crippen LogP contribution in [0.5, 0.6) is 0 Å². The largest absolute Gasteiger partial charge is 0.365 e. The van der Waals surface area contributed by atoms with E-state index in [1.165, 1.54) is 11.7 Å². The summed E-state index contributed by atoms with van der Waals surface area (Å²) in [4.78, 5) is 8.43. The van der Waals surface area contributed by atoms with Gasteiger partial charge in [0.2, 0.25) is 0 Å². The molecule has 5 nitrogen and oxygen atoms in total. The van der Waals surface area contributed by atoms with Crippen LogP contribution < -0.4 is 5.32 Å². The number of aromatic nitrogens is 4. The topological polar surface area (TPSA) is 63.6 Å². The average Bonchev–Trinajstić information content (AvgIpc) is 2.84. The summed E-state index contributed by atoms with van der Waals surface area (Å²) in [6.07, 6.45) is 3.45. The van der Waals surface area contributed by atoms with Crippen LogP contribution in [0.1, 0.15) is 11.3 Å². The summed E-state index contributed by atoms with van der Waals surface area (Å²) in [5.74, 6) is 0.784. The van der Waals surface area contributed by atoms with Crippen LogP contribution >= 0.6 is 11.7 Å². The van der Waals surface area contributed by atoms with E-state index in [1.54, 1.807) is 12.4 Å². The van der Waals surface area contributed by atoms with Gasteiger partial charge < -0.3 is 5.32 Å². The van der Waals surface area contributed by atoms with Crippen LogP contribution in [0.3, 0.4) is 0 Å². The molecule has 90 valence electrons. The van der Waals surface area contributed by atoms with Crippen molar-refractivity contribution >= 4 is 28.6 Å². The molecule has 3 aromatic rings. The van der Waals surface area contributed by atoms with Crippen LogP contribution in [0, 0.1) is 6.92 Å². The highest BCUT2D eigenvalue weighted by Crippen LogP contribution is 2.14. The molecule has 18 heavy (non-hydrogen) atoms. The van der Waals surface area contributed by atoms with Crippen molar-refractivity contribution in [2.24, 2.45) is 0 Å². The van der Waals surface area contributed by atoms with Crippen LogP contribution in [-0.4, -0.2) is 18.7 Å². The van der Waals surface area contributed by atoms with Gasteiger partial charge in [-0.05, 0) is 24.6 Å². The molecule has 0 unspecified atom stereocenters. The fraction of sp³-hybridized carbons (Fsp3) is 0.167. The summed E-state index contributed by atoms with van der Waals surface area (Å²) >= 11 is 1.24. The Labute approximate surface area is 108 Å². The Balaban J connectivity index is 1.76. The van der Waals surface area contributed by atoms with Crippen LogP contribution in [0.2, 0.25) is 0 Å². The average molecular weight is 257 g/mol. The Hall–Kier alpha value is -2.08. The van der Waals surface area contributed by atoms with Gasteiger partial charge in [-0.2, -0.15) is 8.75 Å². The highest BCUT2D eigenvalue weighted by atomic mass is 32.1. The van der Waals surface area contributed by atoms with Crippen molar-refractivity contribution < 1.29 is 0 Å². The second kappa shape index (κ2) is 4.66. The van der Waals surface area contributed by atoms with Crippen molar-refractivity contribution in [2.75, 3.05) is 5.32 Å². The predicted molar refractivity (Wildman–Crippen MR) is 71.5 cm³/mol. The molecular formula is C12H11N5S. The molecule has 0 spiro atoms. The number of fused-ring (bicyclic) bond motifs is 1. The molecule has 0 amide bonds. The highest BCUT2D eigenvalue weighted by Gasteiger charge is 2.01. The Bertz CT molecular complexity index is 679. The number of anilines is 1. The van der Waals surface area contributed by atoms with Crippen molar-refractivity contribution in [1.82, 2.24) is 18.7 Å². The van der Waals surface area contributed by atoms with Crippen LogP contribution in [-0.2, 0) is 6.54 Å². The van der Waals surface area contributed by atoms with E-state index in [0.29, 0.717) is 6.54 Å². The SMILES string of the molecule is Cc1cncc(NCc2ccc3nsnc3c2)n1. The third-order valence-corrected chi connectivity index (χ3v) is 3.10. The van der Waals surface area contributed by atoms with Crippen molar-refractivity contribution in [1.29, 1.82) is 0 Å². The molecular weight excluding hydrogens is 246 g/mol. The normalized spacial score (nSPS) is 10.7. The van der Waals surface area contributed by atoms with Crippen molar-refractivity contribution in [3.63, 3.8) is 0 Å². The molecule has 0 radical (unpaired) electrons. The van der Waals surface area contributed by atoms with Gasteiger partial charge in [0.05, 0.1) is 23.6 Å². The summed E-state index contributed by atoms with van der Waals surface area (Å²) in [6, 6.07) is 6.06. The van der Waals surface area contributed by atoms with Crippen molar-refractivity contribution in [3.8, 4) is 0 Å². The number of nitrogens with one attached hydrogen (secondary N) is 1. The first-order valence-electron chi connectivity index (χ1n) is 5.55. The quantitative estimate of drug-likeness (QED) is 0.780. The summed E-state index contributed by atoms with van der Waals surface area (Å²) in [5.41, 5.74) is 3.94. The summed E-state index contributed by atoms with van der Waals surface area (Å²) in [7, 11) is 0. The van der Waals surface area contributed by atoms with Crippen LogP contribution in [0.4, 0.5) is 5.82 Å². The first-order chi connectivity index (χ1) is 8.81. The van der Waals surface area contributed by atoms with Gasteiger partial charge >= 0.3 is 0 Å². The summed E-state index contributed by atoms with van der Waals surface area (Å²) < 4.78 is 8.40. The van der Waals surface area contributed by atoms with Crippen molar-refractivity contribution in [2.45, 2.75) is 13.5 Å². The zero-order valence-electron chi connectivity index (χ0n) is 9.79. The van der Waals surface area contributed by atoms with Gasteiger partial charge in [-0.3, -0.25) is 4.98 Å². The smallest absolute Gasteiger partial charge is 0.145 e. The minimum absolute atomic E-state index is 0.700. The van der Waals surface area contributed by atoms with Crippen LogP contribution in [0.15, 0.2) is 30.6 Å². The molecule has 0 atom stereocenters. The van der Waals surface area contributed by atoms with Gasteiger partial charge in [0.25, 0.3) is 0 Å². The Kier molecular flexibility index (Phi) is 2.85. The fourth-order valence-corrected chi connectivity index (χ4v) is 2.20. The second-order valence-corrected chi connectivity index (χ2v) is 4.51. The number of hydrogen-bond donors (Lipinski definition) is 1. The molecule has 6 heteroatoms. The lowest BCUT2D eigenvalue weighted by Crippen LogP contribution is -2.02. The Morgan fingerprint density at radius 1 is 1.17 bits per heavy atom. The number of aryl methyl sites for hydroxylation is 1. The van der Waals surface area contributed by atoms with Gasteiger partial charge in [0, 0.05) is 12.7 Å². The molecule has 2 aromatic heterocycles. The van der Waals surface area contributed by atoms with Gasteiger partial charge in [-0.1, -0.05) is 6.07 Å². The maximum absolute atomic E-state index is 4.34. The number of hydrogen-bond acceptors (Lipinski definition) is 6. The number of rotatable bonds is 3. The number of benzene rings is 1. The van der Waals surface area contributed by atoms with Crippen LogP contribution in [0.25, 0.3) is 11.0 Å². The van der Waals surface area contributed by atoms with E-state index in [9.17, 15) is 0 Å². The lowest BCUT2D eigenvalue weighted by Gasteiger charge is -2.05. The van der Waals surface area contributed by atoms with E-state index in [1.807, 2.05) is 25.1 Å². The standard InChI is InChI=1S/C12H11N5S/c1-8-5-13-7-12(15-8)14-6-9-2-3-10-11(4-9)17-18-16-10/h2-5,7H,6H2,1H3,(H,14,15). The molecule has 0 saturated carbocycles. The molecule has 0 fully saturated rings. The Morgan fingerprint density at radius 2 is 2.06 bits per heavy atom. The van der Waals surface area contributed by atoms with Gasteiger partial charge in [-0.25, -0.2) is 4.98 Å². The van der Waals surface area contributed by atoms with E-state index >= 15 is 0 Å². The van der Waals surface area contributed by atoms with E-state index in [0.717, 1.165) is 28.1 Å². The first kappa shape index (κ1) is 11.0. The molecule has 0 saturated heterocycles. The lowest BCUT2D eigenvalue weighted by molar-refractivity contribution is 1.06. The molecule has 0 aliphatic heterocycles. The highest BCUT2D eigenvalue weighted by molar-refractivity contribution is 7.00. The molecule has 0 aliphatic rings. The van der Waals surface area contributed by atoms with E-state index in [2.05, 4.69) is 24.0 Å². The van der Waals surface area contributed by atoms with Gasteiger partial charge in [0.15, 0.2) is 0 Å². The maximum atomic E-state index is 4.34. The van der Waals surface area contributed by atoms with E-state index in [4.69, 9.17) is 0 Å². The maximum Gasteiger partial charge on any atom is 0.145 e. The van der Waals surface area contributed by atoms with Gasteiger partial charge in [-0.15, -0.1) is 0 Å². The Morgan fingerprint density at radius 3 is 2.94 bits per heavy atom. The van der Waals surface area contributed by atoms with Crippen molar-refractivity contribution in [3.05, 3.63) is 41.9 Å². The minimum atomic E-state index is 0.700. The molecule has 0 aliphatic carbocycles. The second-order valence-electron chi connectivity index (χ2n) is 3.99.